The number of hydrogen-bond donors (Lipinski definition) is 2. The molecule has 14 heavy (non-hydrogen) atoms. The predicted octanol–water partition coefficient (Wildman–Crippen LogP) is 1.94. The number of aliphatic hydroxyl groups excluding tert-OH is 1. The molecule has 0 spiro atoms. The summed E-state index contributed by atoms with van der Waals surface area (Å²) in [6.45, 7) is 4.97. The molecule has 1 atom stereocenters. The second-order valence-electron chi connectivity index (χ2n) is 3.85. The van der Waals surface area contributed by atoms with Gasteiger partial charge in [0.15, 0.2) is 0 Å². The van der Waals surface area contributed by atoms with Crippen LogP contribution in [-0.4, -0.2) is 17.1 Å². The van der Waals surface area contributed by atoms with Gasteiger partial charge in [0.05, 0.1) is 5.69 Å². The summed E-state index contributed by atoms with van der Waals surface area (Å²) in [6.07, 6.45) is 0.387. The Morgan fingerprint density at radius 1 is 1.57 bits per heavy atom. The Balaban J connectivity index is 2.57. The minimum Gasteiger partial charge on any atom is -0.386 e. The molecule has 0 aliphatic carbocycles. The fraction of sp³-hybridized carbons (Fsp3) is 0.700. The molecule has 4 heteroatoms. The third-order valence-electron chi connectivity index (χ3n) is 1.91. The molecule has 0 saturated carbocycles. The Labute approximate surface area is 89.2 Å². The second-order valence-corrected chi connectivity index (χ2v) is 4.74. The van der Waals surface area contributed by atoms with E-state index < -0.39 is 6.10 Å². The molecule has 80 valence electrons. The maximum atomic E-state index is 9.80. The first kappa shape index (κ1) is 11.6. The van der Waals surface area contributed by atoms with Crippen molar-refractivity contribution >= 4 is 11.3 Å². The number of nitrogens with one attached hydrogen (secondary N) is 1. The van der Waals surface area contributed by atoms with E-state index >= 15 is 0 Å². The van der Waals surface area contributed by atoms with Gasteiger partial charge < -0.3 is 10.4 Å². The Hall–Kier alpha value is -0.450. The van der Waals surface area contributed by atoms with Crippen LogP contribution in [-0.2, 0) is 6.54 Å². The molecule has 0 aliphatic heterocycles. The Bertz CT molecular complexity index is 273. The Morgan fingerprint density at radius 2 is 2.29 bits per heavy atom. The summed E-state index contributed by atoms with van der Waals surface area (Å²) in [4.78, 5) is 4.36. The number of aromatic nitrogens is 1. The van der Waals surface area contributed by atoms with Gasteiger partial charge in [-0.05, 0) is 19.4 Å². The molecular weight excluding hydrogens is 196 g/mol. The third-order valence-corrected chi connectivity index (χ3v) is 2.90. The molecule has 0 saturated heterocycles. The molecule has 3 nitrogen and oxygen atoms in total. The van der Waals surface area contributed by atoms with E-state index in [2.05, 4.69) is 24.1 Å². The van der Waals surface area contributed by atoms with E-state index in [0.29, 0.717) is 5.92 Å². The summed E-state index contributed by atoms with van der Waals surface area (Å²) in [5.41, 5.74) is 1.01. The van der Waals surface area contributed by atoms with Crippen LogP contribution >= 0.6 is 11.3 Å². The number of hydrogen-bond acceptors (Lipinski definition) is 4. The third kappa shape index (κ3) is 3.36. The molecule has 1 aromatic heterocycles. The number of rotatable bonds is 5. The highest BCUT2D eigenvalue weighted by Crippen LogP contribution is 2.23. The maximum Gasteiger partial charge on any atom is 0.122 e. The van der Waals surface area contributed by atoms with Crippen LogP contribution in [0.2, 0.25) is 0 Å². The summed E-state index contributed by atoms with van der Waals surface area (Å²) in [7, 11) is 1.89. The van der Waals surface area contributed by atoms with Gasteiger partial charge >= 0.3 is 0 Å². The fourth-order valence-corrected chi connectivity index (χ4v) is 2.10. The van der Waals surface area contributed by atoms with Crippen molar-refractivity contribution in [3.05, 3.63) is 16.1 Å². The number of thiazole rings is 1. The van der Waals surface area contributed by atoms with E-state index in [4.69, 9.17) is 0 Å². The lowest BCUT2D eigenvalue weighted by molar-refractivity contribution is 0.150. The Kier molecular flexibility index (Phi) is 4.51. The van der Waals surface area contributed by atoms with Crippen LogP contribution < -0.4 is 5.32 Å². The molecule has 2 N–H and O–H groups in total. The Morgan fingerprint density at radius 3 is 2.86 bits per heavy atom. The first-order chi connectivity index (χ1) is 6.63. The average molecular weight is 214 g/mol. The van der Waals surface area contributed by atoms with Crippen molar-refractivity contribution in [3.63, 3.8) is 0 Å². The van der Waals surface area contributed by atoms with Gasteiger partial charge in [0.2, 0.25) is 0 Å². The standard InChI is InChI=1S/C10H18N2OS/c1-7(2)4-9(13)10-12-8(5-11-3)6-14-10/h6-7,9,11,13H,4-5H2,1-3H3. The molecule has 0 fully saturated rings. The summed E-state index contributed by atoms with van der Waals surface area (Å²) in [5.74, 6) is 0.502. The normalized spacial score (nSPS) is 13.5. The molecule has 1 rings (SSSR count). The van der Waals surface area contributed by atoms with Crippen LogP contribution in [0.1, 0.15) is 37.1 Å². The van der Waals surface area contributed by atoms with Gasteiger partial charge in [0, 0.05) is 11.9 Å². The van der Waals surface area contributed by atoms with Crippen LogP contribution in [0.3, 0.4) is 0 Å². The SMILES string of the molecule is CNCc1csc(C(O)CC(C)C)n1. The number of nitrogens with zero attached hydrogens (tertiary/aromatic N) is 1. The second kappa shape index (κ2) is 5.44. The zero-order valence-electron chi connectivity index (χ0n) is 8.95. The van der Waals surface area contributed by atoms with Crippen molar-refractivity contribution in [2.45, 2.75) is 32.9 Å². The van der Waals surface area contributed by atoms with Gasteiger partial charge in [-0.2, -0.15) is 0 Å². The summed E-state index contributed by atoms with van der Waals surface area (Å²) >= 11 is 1.54. The highest BCUT2D eigenvalue weighted by atomic mass is 32.1. The summed E-state index contributed by atoms with van der Waals surface area (Å²) in [5, 5.41) is 15.7. The maximum absolute atomic E-state index is 9.80. The molecule has 0 aliphatic rings. The quantitative estimate of drug-likeness (QED) is 0.787. The zero-order chi connectivity index (χ0) is 10.6. The topological polar surface area (TPSA) is 45.1 Å². The lowest BCUT2D eigenvalue weighted by Crippen LogP contribution is -2.06. The largest absolute Gasteiger partial charge is 0.386 e. The highest BCUT2D eigenvalue weighted by molar-refractivity contribution is 7.09. The lowest BCUT2D eigenvalue weighted by Gasteiger charge is -2.09. The predicted molar refractivity (Wildman–Crippen MR) is 59.3 cm³/mol. The highest BCUT2D eigenvalue weighted by Gasteiger charge is 2.13. The van der Waals surface area contributed by atoms with E-state index in [0.717, 1.165) is 23.7 Å². The van der Waals surface area contributed by atoms with Crippen LogP contribution in [0.15, 0.2) is 5.38 Å². The molecule has 0 amide bonds. The minimum atomic E-state index is -0.398. The first-order valence-electron chi connectivity index (χ1n) is 4.90. The van der Waals surface area contributed by atoms with Crippen molar-refractivity contribution < 1.29 is 5.11 Å². The molecule has 1 unspecified atom stereocenters. The number of aliphatic hydroxyl groups is 1. The van der Waals surface area contributed by atoms with Gasteiger partial charge in [-0.1, -0.05) is 13.8 Å². The van der Waals surface area contributed by atoms with Gasteiger partial charge in [-0.3, -0.25) is 0 Å². The van der Waals surface area contributed by atoms with Crippen LogP contribution in [0, 0.1) is 5.92 Å². The molecule has 1 heterocycles. The fourth-order valence-electron chi connectivity index (χ4n) is 1.29. The average Bonchev–Trinajstić information content (AvgIpc) is 2.52. The van der Waals surface area contributed by atoms with Crippen molar-refractivity contribution in [3.8, 4) is 0 Å². The molecule has 0 radical (unpaired) electrons. The van der Waals surface area contributed by atoms with Gasteiger partial charge in [-0.25, -0.2) is 4.98 Å². The van der Waals surface area contributed by atoms with Crippen LogP contribution in [0.4, 0.5) is 0 Å². The first-order valence-corrected chi connectivity index (χ1v) is 5.78. The van der Waals surface area contributed by atoms with E-state index in [9.17, 15) is 5.11 Å². The summed E-state index contributed by atoms with van der Waals surface area (Å²) < 4.78 is 0. The minimum absolute atomic E-state index is 0.398. The molecule has 0 bridgehead atoms. The lowest BCUT2D eigenvalue weighted by atomic mass is 10.1. The molecule has 0 aromatic carbocycles. The smallest absolute Gasteiger partial charge is 0.122 e. The molecular formula is C10H18N2OS. The van der Waals surface area contributed by atoms with E-state index in [1.54, 1.807) is 0 Å². The summed E-state index contributed by atoms with van der Waals surface area (Å²) in [6, 6.07) is 0. The van der Waals surface area contributed by atoms with Crippen molar-refractivity contribution in [2.24, 2.45) is 5.92 Å². The monoisotopic (exact) mass is 214 g/mol. The van der Waals surface area contributed by atoms with Crippen LogP contribution in [0.25, 0.3) is 0 Å². The van der Waals surface area contributed by atoms with Gasteiger partial charge in [0.1, 0.15) is 11.1 Å². The van der Waals surface area contributed by atoms with Crippen LogP contribution in [0.5, 0.6) is 0 Å². The van der Waals surface area contributed by atoms with Gasteiger partial charge in [-0.15, -0.1) is 11.3 Å². The van der Waals surface area contributed by atoms with Gasteiger partial charge in [0.25, 0.3) is 0 Å². The molecule has 1 aromatic rings. The van der Waals surface area contributed by atoms with Crippen molar-refractivity contribution in [1.82, 2.24) is 10.3 Å². The van der Waals surface area contributed by atoms with Crippen molar-refractivity contribution in [2.75, 3.05) is 7.05 Å². The van der Waals surface area contributed by atoms with E-state index in [1.807, 2.05) is 12.4 Å². The van der Waals surface area contributed by atoms with E-state index in [-0.39, 0.29) is 0 Å². The van der Waals surface area contributed by atoms with Crippen molar-refractivity contribution in [1.29, 1.82) is 0 Å². The van der Waals surface area contributed by atoms with E-state index in [1.165, 1.54) is 11.3 Å². The zero-order valence-corrected chi connectivity index (χ0v) is 9.77.